The molecule has 1 unspecified atom stereocenters. The second-order valence-corrected chi connectivity index (χ2v) is 5.88. The fraction of sp³-hybridized carbons (Fsp3) is 0.889. The van der Waals surface area contributed by atoms with Crippen molar-refractivity contribution in [1.29, 1.82) is 5.26 Å². The summed E-state index contributed by atoms with van der Waals surface area (Å²) in [4.78, 5) is 0. The summed E-state index contributed by atoms with van der Waals surface area (Å²) in [6, 6.07) is 0.841. The van der Waals surface area contributed by atoms with Gasteiger partial charge in [0.25, 0.3) is 0 Å². The second kappa shape index (κ2) is 6.21. The van der Waals surface area contributed by atoms with Crippen LogP contribution in [0.1, 0.15) is 26.7 Å². The van der Waals surface area contributed by atoms with Crippen LogP contribution in [0.15, 0.2) is 0 Å². The van der Waals surface area contributed by atoms with Gasteiger partial charge in [-0.3, -0.25) is 0 Å². The molecular formula is C9H15F3N2O2S. The Morgan fingerprint density at radius 3 is 2.24 bits per heavy atom. The van der Waals surface area contributed by atoms with E-state index in [0.717, 1.165) is 0 Å². The van der Waals surface area contributed by atoms with Gasteiger partial charge in [0.2, 0.25) is 10.0 Å². The third-order valence-electron chi connectivity index (χ3n) is 1.99. The standard InChI is InChI=1S/C9H15F3N2O2S/c1-7(2)8(6-13)14-17(15,16)5-3-4-9(10,11)12/h7-8,14H,3-5H2,1-2H3. The Kier molecular flexibility index (Phi) is 5.92. The Bertz CT molecular complexity index is 371. The lowest BCUT2D eigenvalue weighted by Gasteiger charge is -2.15. The van der Waals surface area contributed by atoms with Gasteiger partial charge in [0.05, 0.1) is 11.8 Å². The predicted octanol–water partition coefficient (Wildman–Crippen LogP) is 1.80. The average Bonchev–Trinajstić information content (AvgIpc) is 2.11. The number of nitriles is 1. The van der Waals surface area contributed by atoms with Crippen molar-refractivity contribution in [3.63, 3.8) is 0 Å². The van der Waals surface area contributed by atoms with Crippen LogP contribution in [-0.2, 0) is 10.0 Å². The van der Waals surface area contributed by atoms with Crippen molar-refractivity contribution in [2.75, 3.05) is 5.75 Å². The molecule has 0 saturated carbocycles. The van der Waals surface area contributed by atoms with Crippen molar-refractivity contribution in [2.24, 2.45) is 5.92 Å². The molecule has 0 aromatic rings. The molecular weight excluding hydrogens is 257 g/mol. The molecule has 0 aromatic carbocycles. The van der Waals surface area contributed by atoms with Crippen LogP contribution in [0.5, 0.6) is 0 Å². The predicted molar refractivity (Wildman–Crippen MR) is 56.5 cm³/mol. The Morgan fingerprint density at radius 2 is 1.88 bits per heavy atom. The van der Waals surface area contributed by atoms with E-state index in [0.29, 0.717) is 0 Å². The van der Waals surface area contributed by atoms with E-state index >= 15 is 0 Å². The van der Waals surface area contributed by atoms with E-state index in [9.17, 15) is 21.6 Å². The number of hydrogen-bond donors (Lipinski definition) is 1. The van der Waals surface area contributed by atoms with Crippen LogP contribution < -0.4 is 4.72 Å². The summed E-state index contributed by atoms with van der Waals surface area (Å²) in [5, 5.41) is 8.66. The maximum Gasteiger partial charge on any atom is 0.389 e. The normalized spacial score (nSPS) is 14.6. The van der Waals surface area contributed by atoms with Gasteiger partial charge in [-0.2, -0.15) is 23.2 Å². The zero-order chi connectivity index (χ0) is 13.7. The third kappa shape index (κ3) is 7.99. The molecule has 0 rings (SSSR count). The molecule has 0 aliphatic carbocycles. The van der Waals surface area contributed by atoms with Gasteiger partial charge in [-0.15, -0.1) is 0 Å². The second-order valence-electron chi connectivity index (χ2n) is 4.01. The Labute approximate surface area is 98.9 Å². The maximum atomic E-state index is 11.8. The van der Waals surface area contributed by atoms with Gasteiger partial charge in [0, 0.05) is 6.42 Å². The summed E-state index contributed by atoms with van der Waals surface area (Å²) in [5.74, 6) is -0.866. The Morgan fingerprint density at radius 1 is 1.35 bits per heavy atom. The van der Waals surface area contributed by atoms with E-state index in [1.165, 1.54) is 0 Å². The van der Waals surface area contributed by atoms with E-state index in [-0.39, 0.29) is 5.92 Å². The van der Waals surface area contributed by atoms with Crippen molar-refractivity contribution in [1.82, 2.24) is 4.72 Å². The fourth-order valence-corrected chi connectivity index (χ4v) is 2.38. The van der Waals surface area contributed by atoms with Gasteiger partial charge in [-0.1, -0.05) is 13.8 Å². The molecule has 100 valence electrons. The van der Waals surface area contributed by atoms with Crippen molar-refractivity contribution in [2.45, 2.75) is 38.9 Å². The molecule has 0 spiro atoms. The zero-order valence-electron chi connectivity index (χ0n) is 9.58. The van der Waals surface area contributed by atoms with Crippen LogP contribution in [0.4, 0.5) is 13.2 Å². The molecule has 0 fully saturated rings. The monoisotopic (exact) mass is 272 g/mol. The van der Waals surface area contributed by atoms with Gasteiger partial charge in [0.15, 0.2) is 0 Å². The molecule has 0 heterocycles. The first-order valence-corrected chi connectivity index (χ1v) is 6.69. The van der Waals surface area contributed by atoms with Gasteiger partial charge in [0.1, 0.15) is 6.04 Å². The smallest absolute Gasteiger partial charge is 0.212 e. The van der Waals surface area contributed by atoms with Crippen LogP contribution in [0.25, 0.3) is 0 Å². The number of nitrogens with zero attached hydrogens (tertiary/aromatic N) is 1. The number of rotatable bonds is 6. The van der Waals surface area contributed by atoms with Crippen LogP contribution in [0, 0.1) is 17.2 Å². The number of sulfonamides is 1. The Balaban J connectivity index is 4.27. The van der Waals surface area contributed by atoms with Gasteiger partial charge in [-0.05, 0) is 12.3 Å². The van der Waals surface area contributed by atoms with Crippen molar-refractivity contribution in [3.05, 3.63) is 0 Å². The minimum Gasteiger partial charge on any atom is -0.212 e. The van der Waals surface area contributed by atoms with Crippen molar-refractivity contribution in [3.8, 4) is 6.07 Å². The molecule has 0 aliphatic heterocycles. The lowest BCUT2D eigenvalue weighted by atomic mass is 10.1. The number of hydrogen-bond acceptors (Lipinski definition) is 3. The summed E-state index contributed by atoms with van der Waals surface area (Å²) >= 11 is 0. The summed E-state index contributed by atoms with van der Waals surface area (Å²) < 4.78 is 60.3. The summed E-state index contributed by atoms with van der Waals surface area (Å²) in [6.07, 6.45) is -6.01. The van der Waals surface area contributed by atoms with Crippen molar-refractivity contribution < 1.29 is 21.6 Å². The fourth-order valence-electron chi connectivity index (χ4n) is 1.03. The average molecular weight is 272 g/mol. The number of nitrogens with one attached hydrogen (secondary N) is 1. The highest BCUT2D eigenvalue weighted by atomic mass is 32.2. The molecule has 17 heavy (non-hydrogen) atoms. The van der Waals surface area contributed by atoms with Gasteiger partial charge in [-0.25, -0.2) is 8.42 Å². The minimum absolute atomic E-state index is 0.239. The van der Waals surface area contributed by atoms with Crippen LogP contribution in [0.3, 0.4) is 0 Å². The van der Waals surface area contributed by atoms with Gasteiger partial charge >= 0.3 is 6.18 Å². The molecule has 4 nitrogen and oxygen atoms in total. The first-order valence-electron chi connectivity index (χ1n) is 5.04. The Hall–Kier alpha value is -0.810. The zero-order valence-corrected chi connectivity index (χ0v) is 10.4. The van der Waals surface area contributed by atoms with E-state index < -0.39 is 40.8 Å². The summed E-state index contributed by atoms with van der Waals surface area (Å²) in [5.41, 5.74) is 0. The van der Waals surface area contributed by atoms with E-state index in [2.05, 4.69) is 4.72 Å². The topological polar surface area (TPSA) is 70.0 Å². The molecule has 1 atom stereocenters. The molecule has 0 aliphatic rings. The van der Waals surface area contributed by atoms with Crippen LogP contribution in [-0.4, -0.2) is 26.4 Å². The molecule has 0 aromatic heterocycles. The summed E-state index contributed by atoms with van der Waals surface area (Å²) in [7, 11) is -3.83. The summed E-state index contributed by atoms with van der Waals surface area (Å²) in [6.45, 7) is 3.29. The number of halogens is 3. The molecule has 0 radical (unpaired) electrons. The van der Waals surface area contributed by atoms with E-state index in [1.807, 2.05) is 0 Å². The molecule has 8 heteroatoms. The minimum atomic E-state index is -4.36. The SMILES string of the molecule is CC(C)C(C#N)NS(=O)(=O)CCCC(F)(F)F. The molecule has 0 saturated heterocycles. The lowest BCUT2D eigenvalue weighted by molar-refractivity contribution is -0.134. The molecule has 0 amide bonds. The van der Waals surface area contributed by atoms with Gasteiger partial charge < -0.3 is 0 Å². The largest absolute Gasteiger partial charge is 0.389 e. The first-order chi connectivity index (χ1) is 7.57. The first kappa shape index (κ1) is 16.2. The lowest BCUT2D eigenvalue weighted by Crippen LogP contribution is -2.38. The third-order valence-corrected chi connectivity index (χ3v) is 3.42. The highest BCUT2D eigenvalue weighted by Gasteiger charge is 2.28. The van der Waals surface area contributed by atoms with Crippen LogP contribution >= 0.6 is 0 Å². The van der Waals surface area contributed by atoms with E-state index in [4.69, 9.17) is 5.26 Å². The molecule has 1 N–H and O–H groups in total. The quantitative estimate of drug-likeness (QED) is 0.801. The maximum absolute atomic E-state index is 11.8. The highest BCUT2D eigenvalue weighted by molar-refractivity contribution is 7.89. The van der Waals surface area contributed by atoms with E-state index in [1.54, 1.807) is 19.9 Å². The van der Waals surface area contributed by atoms with Crippen LogP contribution in [0.2, 0.25) is 0 Å². The van der Waals surface area contributed by atoms with Crippen molar-refractivity contribution >= 4 is 10.0 Å². The molecule has 0 bridgehead atoms. The highest BCUT2D eigenvalue weighted by Crippen LogP contribution is 2.21. The number of alkyl halides is 3.